The predicted molar refractivity (Wildman–Crippen MR) is 58.9 cm³/mol. The summed E-state index contributed by atoms with van der Waals surface area (Å²) in [7, 11) is 0. The monoisotopic (exact) mass is 242 g/mol. The topological polar surface area (TPSA) is 82.5 Å². The fourth-order valence-corrected chi connectivity index (χ4v) is 1.82. The lowest BCUT2D eigenvalue weighted by molar-refractivity contribution is 0.0696. The van der Waals surface area contributed by atoms with Crippen LogP contribution in [0.25, 0.3) is 0 Å². The zero-order valence-electron chi connectivity index (χ0n) is 8.35. The Morgan fingerprint density at radius 3 is 2.75 bits per heavy atom. The van der Waals surface area contributed by atoms with Gasteiger partial charge >= 0.3 is 5.97 Å². The Morgan fingerprint density at radius 1 is 1.50 bits per heavy atom. The van der Waals surface area contributed by atoms with Crippen LogP contribution in [0.4, 0.5) is 5.82 Å². The van der Waals surface area contributed by atoms with Crippen molar-refractivity contribution in [2.24, 2.45) is 0 Å². The largest absolute Gasteiger partial charge is 0.478 e. The van der Waals surface area contributed by atoms with Crippen molar-refractivity contribution >= 4 is 23.4 Å². The van der Waals surface area contributed by atoms with Crippen molar-refractivity contribution < 1.29 is 15.0 Å². The van der Waals surface area contributed by atoms with E-state index < -0.39 is 5.97 Å². The van der Waals surface area contributed by atoms with Gasteiger partial charge in [-0.2, -0.15) is 0 Å². The highest BCUT2D eigenvalue weighted by Crippen LogP contribution is 2.24. The fourth-order valence-electron chi connectivity index (χ4n) is 1.61. The molecule has 1 heterocycles. The van der Waals surface area contributed by atoms with Crippen LogP contribution in [0.1, 0.15) is 23.2 Å². The van der Waals surface area contributed by atoms with Gasteiger partial charge in [-0.05, 0) is 25.0 Å². The van der Waals surface area contributed by atoms with E-state index in [1.807, 2.05) is 0 Å². The molecule has 0 radical (unpaired) electrons. The van der Waals surface area contributed by atoms with Crippen molar-refractivity contribution in [3.8, 4) is 0 Å². The number of aromatic carboxylic acids is 1. The van der Waals surface area contributed by atoms with Crippen molar-refractivity contribution in [2.45, 2.75) is 25.0 Å². The smallest absolute Gasteiger partial charge is 0.335 e. The van der Waals surface area contributed by atoms with E-state index in [0.29, 0.717) is 18.7 Å². The van der Waals surface area contributed by atoms with E-state index in [1.54, 1.807) is 0 Å². The first-order valence-electron chi connectivity index (χ1n) is 4.90. The van der Waals surface area contributed by atoms with Gasteiger partial charge in [-0.25, -0.2) is 9.78 Å². The summed E-state index contributed by atoms with van der Waals surface area (Å²) >= 11 is 5.70. The molecule has 1 aromatic rings. The number of nitrogens with one attached hydrogen (secondary N) is 1. The number of hydrogen-bond donors (Lipinski definition) is 3. The molecular weight excluding hydrogens is 232 g/mol. The van der Waals surface area contributed by atoms with Gasteiger partial charge in [0.2, 0.25) is 0 Å². The number of aliphatic hydroxyl groups excluding tert-OH is 1. The van der Waals surface area contributed by atoms with Crippen molar-refractivity contribution in [3.05, 3.63) is 22.8 Å². The van der Waals surface area contributed by atoms with Crippen molar-refractivity contribution in [1.82, 2.24) is 4.98 Å². The van der Waals surface area contributed by atoms with Gasteiger partial charge in [0.1, 0.15) is 11.0 Å². The van der Waals surface area contributed by atoms with Crippen LogP contribution >= 0.6 is 11.6 Å². The van der Waals surface area contributed by atoms with Gasteiger partial charge in [0, 0.05) is 6.04 Å². The summed E-state index contributed by atoms with van der Waals surface area (Å²) in [6.07, 6.45) is 1.03. The third kappa shape index (κ3) is 2.43. The Kier molecular flexibility index (Phi) is 2.98. The summed E-state index contributed by atoms with van der Waals surface area (Å²) in [5.74, 6) is -0.609. The van der Waals surface area contributed by atoms with Crippen LogP contribution in [0.2, 0.25) is 5.15 Å². The van der Waals surface area contributed by atoms with E-state index in [9.17, 15) is 4.79 Å². The minimum absolute atomic E-state index is 0.0994. The standard InChI is InChI=1S/C10H11ClN2O3/c11-8-1-5(10(15)16)2-9(13-8)12-6-3-7(14)4-6/h1-2,6-7,14H,3-4H2,(H,12,13)(H,15,16). The highest BCUT2D eigenvalue weighted by molar-refractivity contribution is 6.29. The van der Waals surface area contributed by atoms with Gasteiger partial charge in [-0.15, -0.1) is 0 Å². The van der Waals surface area contributed by atoms with E-state index in [0.717, 1.165) is 0 Å². The predicted octanol–water partition coefficient (Wildman–Crippen LogP) is 1.37. The van der Waals surface area contributed by atoms with Gasteiger partial charge in [-0.1, -0.05) is 11.6 Å². The second kappa shape index (κ2) is 4.27. The number of halogens is 1. The molecule has 5 nitrogen and oxygen atoms in total. The number of carboxylic acids is 1. The Bertz CT molecular complexity index is 419. The quantitative estimate of drug-likeness (QED) is 0.698. The van der Waals surface area contributed by atoms with Crippen LogP contribution < -0.4 is 5.32 Å². The molecule has 3 N–H and O–H groups in total. The Hall–Kier alpha value is -1.33. The zero-order chi connectivity index (χ0) is 11.7. The number of nitrogens with zero attached hydrogens (tertiary/aromatic N) is 1. The highest BCUT2D eigenvalue weighted by Gasteiger charge is 2.27. The summed E-state index contributed by atoms with van der Waals surface area (Å²) in [6.45, 7) is 0. The molecule has 2 rings (SSSR count). The summed E-state index contributed by atoms with van der Waals surface area (Å²) in [5, 5.41) is 21.1. The number of rotatable bonds is 3. The highest BCUT2D eigenvalue weighted by atomic mass is 35.5. The van der Waals surface area contributed by atoms with Crippen molar-refractivity contribution in [3.63, 3.8) is 0 Å². The van der Waals surface area contributed by atoms with Crippen LogP contribution in [0.5, 0.6) is 0 Å². The molecule has 0 aliphatic heterocycles. The Balaban J connectivity index is 2.11. The summed E-state index contributed by atoms with van der Waals surface area (Å²) in [4.78, 5) is 14.7. The molecule has 1 aromatic heterocycles. The number of aromatic nitrogens is 1. The molecule has 0 spiro atoms. The van der Waals surface area contributed by atoms with Crippen LogP contribution in [0.3, 0.4) is 0 Å². The lowest BCUT2D eigenvalue weighted by atomic mass is 9.89. The van der Waals surface area contributed by atoms with Gasteiger partial charge in [0.15, 0.2) is 0 Å². The molecule has 1 saturated carbocycles. The van der Waals surface area contributed by atoms with E-state index in [2.05, 4.69) is 10.3 Å². The van der Waals surface area contributed by atoms with E-state index in [4.69, 9.17) is 21.8 Å². The summed E-state index contributed by atoms with van der Waals surface area (Å²) < 4.78 is 0. The molecule has 0 atom stereocenters. The molecule has 16 heavy (non-hydrogen) atoms. The molecule has 6 heteroatoms. The van der Waals surface area contributed by atoms with Gasteiger partial charge in [0.25, 0.3) is 0 Å². The Labute approximate surface area is 97.1 Å². The Morgan fingerprint density at radius 2 is 2.19 bits per heavy atom. The van der Waals surface area contributed by atoms with Gasteiger partial charge in [0.05, 0.1) is 11.7 Å². The normalized spacial score (nSPS) is 23.6. The van der Waals surface area contributed by atoms with E-state index in [-0.39, 0.29) is 22.9 Å². The molecule has 0 bridgehead atoms. The lowest BCUT2D eigenvalue weighted by Gasteiger charge is -2.32. The summed E-state index contributed by atoms with van der Waals surface area (Å²) in [6, 6.07) is 2.87. The van der Waals surface area contributed by atoms with Gasteiger partial charge < -0.3 is 15.5 Å². The van der Waals surface area contributed by atoms with Crippen molar-refractivity contribution in [2.75, 3.05) is 5.32 Å². The van der Waals surface area contributed by atoms with Crippen LogP contribution in [0, 0.1) is 0 Å². The SMILES string of the molecule is O=C(O)c1cc(Cl)nc(NC2CC(O)C2)c1. The minimum Gasteiger partial charge on any atom is -0.478 e. The molecule has 1 aliphatic rings. The second-order valence-electron chi connectivity index (χ2n) is 3.84. The molecule has 0 aromatic carbocycles. The fraction of sp³-hybridized carbons (Fsp3) is 0.400. The molecule has 0 amide bonds. The molecule has 0 saturated heterocycles. The first-order valence-corrected chi connectivity index (χ1v) is 5.28. The minimum atomic E-state index is -1.04. The maximum absolute atomic E-state index is 10.8. The maximum Gasteiger partial charge on any atom is 0.335 e. The zero-order valence-corrected chi connectivity index (χ0v) is 9.11. The molecular formula is C10H11ClN2O3. The summed E-state index contributed by atoms with van der Waals surface area (Å²) in [5.41, 5.74) is 0.0994. The van der Waals surface area contributed by atoms with Gasteiger partial charge in [-0.3, -0.25) is 0 Å². The average Bonchev–Trinajstić information content (AvgIpc) is 2.14. The number of pyridine rings is 1. The molecule has 1 fully saturated rings. The number of carboxylic acid groups (broad SMARTS) is 1. The third-order valence-corrected chi connectivity index (χ3v) is 2.70. The molecule has 86 valence electrons. The maximum atomic E-state index is 10.8. The number of hydrogen-bond acceptors (Lipinski definition) is 4. The molecule has 1 aliphatic carbocycles. The second-order valence-corrected chi connectivity index (χ2v) is 4.22. The average molecular weight is 243 g/mol. The molecule has 0 unspecified atom stereocenters. The number of aliphatic hydroxyl groups is 1. The first kappa shape index (κ1) is 11.2. The van der Waals surface area contributed by atoms with Crippen LogP contribution in [0.15, 0.2) is 12.1 Å². The van der Waals surface area contributed by atoms with Crippen LogP contribution in [-0.4, -0.2) is 33.3 Å². The number of carbonyl (C=O) groups is 1. The first-order chi connectivity index (χ1) is 7.54. The lowest BCUT2D eigenvalue weighted by Crippen LogP contribution is -2.39. The van der Waals surface area contributed by atoms with Crippen LogP contribution in [-0.2, 0) is 0 Å². The third-order valence-electron chi connectivity index (χ3n) is 2.51. The van der Waals surface area contributed by atoms with Crippen molar-refractivity contribution in [1.29, 1.82) is 0 Å². The van der Waals surface area contributed by atoms with E-state index in [1.165, 1.54) is 12.1 Å². The number of anilines is 1. The van der Waals surface area contributed by atoms with E-state index >= 15 is 0 Å².